The quantitative estimate of drug-likeness (QED) is 0.247. The number of hydrogen-bond acceptors (Lipinski definition) is 5. The molecule has 3 unspecified atom stereocenters. The van der Waals surface area contributed by atoms with Crippen LogP contribution in [0.1, 0.15) is 28.7 Å². The molecular formula is C34H38O5. The summed E-state index contributed by atoms with van der Waals surface area (Å²) in [5.74, 6) is 0. The summed E-state index contributed by atoms with van der Waals surface area (Å²) in [4.78, 5) is 0. The fourth-order valence-electron chi connectivity index (χ4n) is 4.29. The Morgan fingerprint density at radius 1 is 0.564 bits per heavy atom. The predicted octanol–water partition coefficient (Wildman–Crippen LogP) is 6.34. The lowest BCUT2D eigenvalue weighted by molar-refractivity contribution is -0.181. The second kappa shape index (κ2) is 16.6. The number of rotatable bonds is 11. The molecule has 1 aliphatic rings. The van der Waals surface area contributed by atoms with E-state index in [1.165, 1.54) is 5.56 Å². The highest BCUT2D eigenvalue weighted by atomic mass is 16.6. The van der Waals surface area contributed by atoms with E-state index in [9.17, 15) is 0 Å². The summed E-state index contributed by atoms with van der Waals surface area (Å²) in [5.41, 5.74) is 4.44. The first kappa shape index (κ1) is 28.7. The summed E-state index contributed by atoms with van der Waals surface area (Å²) in [7, 11) is 0. The zero-order chi connectivity index (χ0) is 27.0. The van der Waals surface area contributed by atoms with Crippen molar-refractivity contribution in [3.05, 3.63) is 144 Å². The van der Waals surface area contributed by atoms with Gasteiger partial charge in [-0.3, -0.25) is 0 Å². The topological polar surface area (TPSA) is 57.2 Å². The molecule has 0 aromatic heterocycles. The van der Waals surface area contributed by atoms with Crippen LogP contribution in [-0.4, -0.2) is 36.6 Å². The lowest BCUT2D eigenvalue weighted by Crippen LogP contribution is -2.45. The van der Waals surface area contributed by atoms with Crippen LogP contribution in [-0.2, 0) is 45.4 Å². The van der Waals surface area contributed by atoms with Crippen molar-refractivity contribution in [1.29, 1.82) is 0 Å². The molecule has 0 radical (unpaired) electrons. The maximum absolute atomic E-state index is 8.54. The summed E-state index contributed by atoms with van der Waals surface area (Å²) in [6, 6.07) is 40.2. The van der Waals surface area contributed by atoms with Gasteiger partial charge in [-0.15, -0.1) is 0 Å². The normalized spacial score (nSPS) is 18.6. The Labute approximate surface area is 232 Å². The molecule has 0 amide bonds. The van der Waals surface area contributed by atoms with Gasteiger partial charge in [0.1, 0.15) is 6.10 Å². The van der Waals surface area contributed by atoms with Crippen LogP contribution in [0.15, 0.2) is 121 Å². The number of ether oxygens (including phenoxy) is 4. The summed E-state index contributed by atoms with van der Waals surface area (Å²) in [5, 5.41) is 8.54. The van der Waals surface area contributed by atoms with E-state index in [0.29, 0.717) is 33.0 Å². The highest BCUT2D eigenvalue weighted by Crippen LogP contribution is 2.23. The number of hydrogen-bond donors (Lipinski definition) is 1. The highest BCUT2D eigenvalue weighted by Gasteiger charge is 2.33. The largest absolute Gasteiger partial charge is 0.392 e. The molecule has 3 atom stereocenters. The lowest BCUT2D eigenvalue weighted by atomic mass is 10.0. The number of aliphatic hydroxyl groups is 1. The van der Waals surface area contributed by atoms with Crippen LogP contribution in [0.3, 0.4) is 0 Å². The van der Waals surface area contributed by atoms with Gasteiger partial charge in [0.25, 0.3) is 0 Å². The van der Waals surface area contributed by atoms with Crippen LogP contribution in [0.4, 0.5) is 0 Å². The van der Waals surface area contributed by atoms with E-state index in [-0.39, 0.29) is 24.9 Å². The third kappa shape index (κ3) is 10.4. The van der Waals surface area contributed by atoms with Gasteiger partial charge in [0.05, 0.1) is 51.8 Å². The Hall–Kier alpha value is -3.32. The van der Waals surface area contributed by atoms with Crippen LogP contribution in [0.25, 0.3) is 0 Å². The highest BCUT2D eigenvalue weighted by molar-refractivity contribution is 5.15. The molecule has 1 heterocycles. The van der Waals surface area contributed by atoms with Gasteiger partial charge >= 0.3 is 0 Å². The van der Waals surface area contributed by atoms with Crippen LogP contribution in [0.2, 0.25) is 0 Å². The molecule has 1 saturated heterocycles. The van der Waals surface area contributed by atoms with E-state index < -0.39 is 0 Å². The van der Waals surface area contributed by atoms with Crippen molar-refractivity contribution >= 4 is 0 Å². The molecule has 0 spiro atoms. The molecular weight excluding hydrogens is 488 g/mol. The van der Waals surface area contributed by atoms with Gasteiger partial charge in [0.2, 0.25) is 0 Å². The number of benzene rings is 4. The molecule has 39 heavy (non-hydrogen) atoms. The summed E-state index contributed by atoms with van der Waals surface area (Å²) in [6.45, 7) is 2.89. The molecule has 5 nitrogen and oxygen atoms in total. The average Bonchev–Trinajstić information content (AvgIpc) is 3.02. The molecule has 0 saturated carbocycles. The molecule has 1 fully saturated rings. The van der Waals surface area contributed by atoms with Gasteiger partial charge in [-0.05, 0) is 22.3 Å². The molecule has 5 heteroatoms. The predicted molar refractivity (Wildman–Crippen MR) is 153 cm³/mol. The van der Waals surface area contributed by atoms with Gasteiger partial charge in [0, 0.05) is 6.42 Å². The molecule has 4 aromatic rings. The maximum atomic E-state index is 8.54. The maximum Gasteiger partial charge on any atom is 0.107 e. The Morgan fingerprint density at radius 3 is 1.46 bits per heavy atom. The number of aliphatic hydroxyl groups excluding tert-OH is 1. The second-order valence-corrected chi connectivity index (χ2v) is 9.51. The standard InChI is InChI=1S/C27H30O4.C7H8O/c1-4-10-22(11-5-1)17-28-20-25-16-26(30-18-23-12-6-2-7-13-23)27(21-29-25)31-19-24-14-8-3-9-15-24;8-6-7-4-2-1-3-5-7/h1-15,25-27H,16-21H2;1-5,8H,6H2. The third-order valence-electron chi connectivity index (χ3n) is 6.46. The third-order valence-corrected chi connectivity index (χ3v) is 6.46. The average molecular weight is 527 g/mol. The SMILES string of the molecule is OCc1ccccc1.c1ccc(COCC2CC(OCc3ccccc3)C(OCc3ccccc3)CO2)cc1. The molecule has 5 rings (SSSR count). The van der Waals surface area contributed by atoms with E-state index in [4.69, 9.17) is 24.1 Å². The van der Waals surface area contributed by atoms with E-state index in [2.05, 4.69) is 36.4 Å². The minimum absolute atomic E-state index is 0.000982. The van der Waals surface area contributed by atoms with Crippen molar-refractivity contribution in [1.82, 2.24) is 0 Å². The van der Waals surface area contributed by atoms with Crippen molar-refractivity contribution < 1.29 is 24.1 Å². The molecule has 1 N–H and O–H groups in total. The lowest BCUT2D eigenvalue weighted by Gasteiger charge is -2.36. The molecule has 0 bridgehead atoms. The molecule has 1 aliphatic heterocycles. The Morgan fingerprint density at radius 2 is 1.00 bits per heavy atom. The Kier molecular flexibility index (Phi) is 12.2. The fraction of sp³-hybridized carbons (Fsp3) is 0.294. The summed E-state index contributed by atoms with van der Waals surface area (Å²) >= 11 is 0. The van der Waals surface area contributed by atoms with Crippen LogP contribution in [0.5, 0.6) is 0 Å². The Bertz CT molecular complexity index is 1160. The zero-order valence-electron chi connectivity index (χ0n) is 22.3. The van der Waals surface area contributed by atoms with Crippen molar-refractivity contribution in [2.45, 2.75) is 51.2 Å². The van der Waals surface area contributed by atoms with Crippen molar-refractivity contribution in [3.8, 4) is 0 Å². The summed E-state index contributed by atoms with van der Waals surface area (Å²) in [6.07, 6.45) is 0.611. The minimum atomic E-state index is -0.103. The molecule has 4 aromatic carbocycles. The van der Waals surface area contributed by atoms with Crippen molar-refractivity contribution in [2.24, 2.45) is 0 Å². The van der Waals surface area contributed by atoms with Crippen LogP contribution < -0.4 is 0 Å². The van der Waals surface area contributed by atoms with Gasteiger partial charge in [-0.1, -0.05) is 121 Å². The van der Waals surface area contributed by atoms with Crippen LogP contribution in [0, 0.1) is 0 Å². The molecule has 204 valence electrons. The van der Waals surface area contributed by atoms with Crippen molar-refractivity contribution in [2.75, 3.05) is 13.2 Å². The van der Waals surface area contributed by atoms with E-state index in [0.717, 1.165) is 23.1 Å². The van der Waals surface area contributed by atoms with E-state index in [1.807, 2.05) is 84.9 Å². The minimum Gasteiger partial charge on any atom is -0.392 e. The second-order valence-electron chi connectivity index (χ2n) is 9.51. The van der Waals surface area contributed by atoms with Crippen molar-refractivity contribution in [3.63, 3.8) is 0 Å². The van der Waals surface area contributed by atoms with E-state index >= 15 is 0 Å². The smallest absolute Gasteiger partial charge is 0.107 e. The van der Waals surface area contributed by atoms with Gasteiger partial charge in [-0.25, -0.2) is 0 Å². The van der Waals surface area contributed by atoms with Gasteiger partial charge in [0.15, 0.2) is 0 Å². The first-order valence-electron chi connectivity index (χ1n) is 13.5. The summed E-state index contributed by atoms with van der Waals surface area (Å²) < 4.78 is 24.5. The fourth-order valence-corrected chi connectivity index (χ4v) is 4.29. The van der Waals surface area contributed by atoms with Crippen LogP contribution >= 0.6 is 0 Å². The zero-order valence-corrected chi connectivity index (χ0v) is 22.3. The molecule has 0 aliphatic carbocycles. The van der Waals surface area contributed by atoms with Gasteiger partial charge in [-0.2, -0.15) is 0 Å². The first-order valence-corrected chi connectivity index (χ1v) is 13.5. The Balaban J connectivity index is 0.000000379. The monoisotopic (exact) mass is 526 g/mol. The van der Waals surface area contributed by atoms with Gasteiger partial charge < -0.3 is 24.1 Å². The first-order chi connectivity index (χ1) is 19.3. The van der Waals surface area contributed by atoms with E-state index in [1.54, 1.807) is 0 Å².